The molecule has 1 aromatic rings. The number of aliphatic imine (C=N–C) groups is 1. The van der Waals surface area contributed by atoms with Gasteiger partial charge < -0.3 is 10.2 Å². The van der Waals surface area contributed by atoms with Crippen LogP contribution in [0.25, 0.3) is 0 Å². The normalized spacial score (nSPS) is 16.0. The molecule has 1 aliphatic rings. The van der Waals surface area contributed by atoms with E-state index in [0.717, 1.165) is 44.2 Å². The van der Waals surface area contributed by atoms with Crippen molar-refractivity contribution in [3.8, 4) is 0 Å². The van der Waals surface area contributed by atoms with Crippen LogP contribution in [0.2, 0.25) is 0 Å². The molecule has 0 aromatic heterocycles. The SMILES string of the molecule is CN=C(NCCCF)N1CCN(Cc2ccc(Br)c(F)c2)CC1.I. The van der Waals surface area contributed by atoms with Crippen molar-refractivity contribution in [1.29, 1.82) is 0 Å². The lowest BCUT2D eigenvalue weighted by molar-refractivity contribution is 0.172. The van der Waals surface area contributed by atoms with Crippen LogP contribution in [0, 0.1) is 5.82 Å². The zero-order valence-corrected chi connectivity index (χ0v) is 17.7. The lowest BCUT2D eigenvalue weighted by atomic mass is 10.2. The quantitative estimate of drug-likeness (QED) is 0.282. The fourth-order valence-electron chi connectivity index (χ4n) is 2.61. The summed E-state index contributed by atoms with van der Waals surface area (Å²) >= 11 is 3.17. The van der Waals surface area contributed by atoms with Crippen molar-refractivity contribution in [2.24, 2.45) is 4.99 Å². The van der Waals surface area contributed by atoms with Crippen molar-refractivity contribution in [2.75, 3.05) is 46.4 Å². The molecular formula is C16H24BrF2IN4. The molecule has 1 heterocycles. The fraction of sp³-hybridized carbons (Fsp3) is 0.562. The molecule has 8 heteroatoms. The molecule has 0 spiro atoms. The third-order valence-electron chi connectivity index (χ3n) is 3.87. The molecule has 0 amide bonds. The molecular weight excluding hydrogens is 493 g/mol. The van der Waals surface area contributed by atoms with E-state index in [4.69, 9.17) is 0 Å². The molecule has 1 aromatic carbocycles. The number of rotatable bonds is 5. The molecule has 4 nitrogen and oxygen atoms in total. The van der Waals surface area contributed by atoms with Gasteiger partial charge in [-0.2, -0.15) is 0 Å². The summed E-state index contributed by atoms with van der Waals surface area (Å²) in [6.07, 6.45) is 0.494. The van der Waals surface area contributed by atoms with Gasteiger partial charge in [0.2, 0.25) is 0 Å². The van der Waals surface area contributed by atoms with Gasteiger partial charge in [-0.05, 0) is 40.0 Å². The van der Waals surface area contributed by atoms with E-state index in [2.05, 4.69) is 36.0 Å². The van der Waals surface area contributed by atoms with E-state index in [1.54, 1.807) is 19.2 Å². The van der Waals surface area contributed by atoms with E-state index in [1.165, 1.54) is 0 Å². The highest BCUT2D eigenvalue weighted by atomic mass is 127. The predicted molar refractivity (Wildman–Crippen MR) is 108 cm³/mol. The monoisotopic (exact) mass is 516 g/mol. The number of benzene rings is 1. The third kappa shape index (κ3) is 6.44. The fourth-order valence-corrected chi connectivity index (χ4v) is 2.86. The third-order valence-corrected chi connectivity index (χ3v) is 4.51. The van der Waals surface area contributed by atoms with Gasteiger partial charge in [-0.15, -0.1) is 24.0 Å². The van der Waals surface area contributed by atoms with Crippen LogP contribution in [0.5, 0.6) is 0 Å². The van der Waals surface area contributed by atoms with Gasteiger partial charge in [0, 0.05) is 46.3 Å². The van der Waals surface area contributed by atoms with E-state index < -0.39 is 0 Å². The lowest BCUT2D eigenvalue weighted by Gasteiger charge is -2.36. The number of alkyl halides is 1. The number of hydrogen-bond acceptors (Lipinski definition) is 2. The summed E-state index contributed by atoms with van der Waals surface area (Å²) in [5, 5.41) is 3.18. The molecule has 0 atom stereocenters. The van der Waals surface area contributed by atoms with Crippen molar-refractivity contribution in [1.82, 2.24) is 15.1 Å². The minimum atomic E-state index is -0.318. The van der Waals surface area contributed by atoms with Crippen LogP contribution < -0.4 is 5.32 Å². The Kier molecular flexibility index (Phi) is 10.1. The van der Waals surface area contributed by atoms with Crippen LogP contribution in [0.4, 0.5) is 8.78 Å². The maximum Gasteiger partial charge on any atom is 0.193 e. The van der Waals surface area contributed by atoms with Gasteiger partial charge in [-0.1, -0.05) is 6.07 Å². The standard InChI is InChI=1S/C16H23BrF2N4.HI/c1-20-16(21-6-2-5-18)23-9-7-22(8-10-23)12-13-3-4-14(17)15(19)11-13;/h3-4,11H,2,5-10,12H2,1H3,(H,20,21);1H. The van der Waals surface area contributed by atoms with Gasteiger partial charge in [0.05, 0.1) is 11.1 Å². The van der Waals surface area contributed by atoms with Crippen LogP contribution in [0.15, 0.2) is 27.7 Å². The first-order valence-electron chi connectivity index (χ1n) is 7.82. The molecule has 1 fully saturated rings. The number of halogens is 4. The second kappa shape index (κ2) is 11.2. The Bertz CT molecular complexity index is 537. The van der Waals surface area contributed by atoms with Crippen molar-refractivity contribution in [2.45, 2.75) is 13.0 Å². The molecule has 0 saturated carbocycles. The number of piperazine rings is 1. The molecule has 1 N–H and O–H groups in total. The van der Waals surface area contributed by atoms with Gasteiger partial charge in [-0.3, -0.25) is 14.3 Å². The number of hydrogen-bond donors (Lipinski definition) is 1. The van der Waals surface area contributed by atoms with E-state index in [9.17, 15) is 8.78 Å². The number of nitrogens with zero attached hydrogens (tertiary/aromatic N) is 3. The number of nitrogens with one attached hydrogen (secondary N) is 1. The Balaban J connectivity index is 0.00000288. The topological polar surface area (TPSA) is 30.9 Å². The van der Waals surface area contributed by atoms with E-state index in [-0.39, 0.29) is 36.5 Å². The van der Waals surface area contributed by atoms with E-state index in [1.807, 2.05) is 6.07 Å². The van der Waals surface area contributed by atoms with Gasteiger partial charge in [0.15, 0.2) is 5.96 Å². The summed E-state index contributed by atoms with van der Waals surface area (Å²) < 4.78 is 26.2. The van der Waals surface area contributed by atoms with Gasteiger partial charge in [-0.25, -0.2) is 4.39 Å². The van der Waals surface area contributed by atoms with Gasteiger partial charge in [0.1, 0.15) is 5.82 Å². The molecule has 0 aliphatic carbocycles. The largest absolute Gasteiger partial charge is 0.356 e. The van der Waals surface area contributed by atoms with Crippen molar-refractivity contribution in [3.05, 3.63) is 34.1 Å². The zero-order chi connectivity index (χ0) is 16.7. The van der Waals surface area contributed by atoms with Crippen molar-refractivity contribution < 1.29 is 8.78 Å². The molecule has 1 aliphatic heterocycles. The summed E-state index contributed by atoms with van der Waals surface area (Å²) in [6, 6.07) is 5.27. The highest BCUT2D eigenvalue weighted by molar-refractivity contribution is 14.0. The van der Waals surface area contributed by atoms with Crippen LogP contribution in [0.3, 0.4) is 0 Å². The summed E-state index contributed by atoms with van der Waals surface area (Å²) in [4.78, 5) is 8.73. The average molecular weight is 517 g/mol. The second-order valence-electron chi connectivity index (χ2n) is 5.53. The Labute approximate surface area is 167 Å². The summed E-state index contributed by atoms with van der Waals surface area (Å²) in [5.74, 6) is 0.603. The first-order chi connectivity index (χ1) is 11.1. The van der Waals surface area contributed by atoms with Crippen LogP contribution >= 0.6 is 39.9 Å². The molecule has 0 radical (unpaired) electrons. The van der Waals surface area contributed by atoms with Crippen LogP contribution in [-0.4, -0.2) is 62.2 Å². The second-order valence-corrected chi connectivity index (χ2v) is 6.38. The van der Waals surface area contributed by atoms with Crippen LogP contribution in [-0.2, 0) is 6.54 Å². The minimum Gasteiger partial charge on any atom is -0.356 e. The average Bonchev–Trinajstić information content (AvgIpc) is 2.56. The highest BCUT2D eigenvalue weighted by Crippen LogP contribution is 2.18. The zero-order valence-electron chi connectivity index (χ0n) is 13.8. The Morgan fingerprint density at radius 1 is 1.29 bits per heavy atom. The first-order valence-corrected chi connectivity index (χ1v) is 8.61. The molecule has 136 valence electrons. The maximum atomic E-state index is 13.6. The van der Waals surface area contributed by atoms with Crippen LogP contribution in [0.1, 0.15) is 12.0 Å². The van der Waals surface area contributed by atoms with Gasteiger partial charge in [0.25, 0.3) is 0 Å². The molecule has 1 saturated heterocycles. The molecule has 2 rings (SSSR count). The maximum absolute atomic E-state index is 13.6. The number of guanidine groups is 1. The summed E-state index contributed by atoms with van der Waals surface area (Å²) in [6.45, 7) is 4.51. The van der Waals surface area contributed by atoms with Gasteiger partial charge >= 0.3 is 0 Å². The van der Waals surface area contributed by atoms with Crippen molar-refractivity contribution >= 4 is 45.9 Å². The smallest absolute Gasteiger partial charge is 0.193 e. The van der Waals surface area contributed by atoms with Crippen molar-refractivity contribution in [3.63, 3.8) is 0 Å². The highest BCUT2D eigenvalue weighted by Gasteiger charge is 2.19. The van der Waals surface area contributed by atoms with E-state index in [0.29, 0.717) is 17.4 Å². The minimum absolute atomic E-state index is 0. The summed E-state index contributed by atoms with van der Waals surface area (Å²) in [5.41, 5.74) is 0.976. The Morgan fingerprint density at radius 3 is 2.58 bits per heavy atom. The molecule has 0 bridgehead atoms. The molecule has 24 heavy (non-hydrogen) atoms. The Morgan fingerprint density at radius 2 is 2.00 bits per heavy atom. The van der Waals surface area contributed by atoms with E-state index >= 15 is 0 Å². The molecule has 0 unspecified atom stereocenters. The Hall–Kier alpha value is -0.480. The predicted octanol–water partition coefficient (Wildman–Crippen LogP) is 3.26. The first kappa shape index (κ1) is 21.6. The summed E-state index contributed by atoms with van der Waals surface area (Å²) in [7, 11) is 1.74. The lowest BCUT2D eigenvalue weighted by Crippen LogP contribution is -2.52.